The number of carbonyl (C=O) groups excluding carboxylic acids is 2. The van der Waals surface area contributed by atoms with Gasteiger partial charge in [0.2, 0.25) is 11.8 Å². The SMILES string of the molecule is Cc1cccc(NC(=O)CN2CCN(C(=O)C=Cc3ccc4c(c3)OCCCO4)CC2)c1C. The molecule has 2 aromatic carbocycles. The largest absolute Gasteiger partial charge is 0.490 e. The number of fused-ring (bicyclic) bond motifs is 1. The summed E-state index contributed by atoms with van der Waals surface area (Å²) in [5, 5.41) is 3.00. The predicted octanol–water partition coefficient (Wildman–Crippen LogP) is 3.26. The van der Waals surface area contributed by atoms with Crippen LogP contribution in [-0.4, -0.2) is 67.6 Å². The van der Waals surface area contributed by atoms with Crippen LogP contribution in [0.2, 0.25) is 0 Å². The number of anilines is 1. The number of hydrogen-bond acceptors (Lipinski definition) is 5. The van der Waals surface area contributed by atoms with Crippen molar-refractivity contribution in [3.63, 3.8) is 0 Å². The molecule has 0 saturated carbocycles. The number of piperazine rings is 1. The van der Waals surface area contributed by atoms with Gasteiger partial charge in [0.1, 0.15) is 0 Å². The molecule has 4 rings (SSSR count). The third-order valence-corrected chi connectivity index (χ3v) is 6.12. The number of hydrogen-bond donors (Lipinski definition) is 1. The molecule has 174 valence electrons. The van der Waals surface area contributed by atoms with Crippen molar-refractivity contribution >= 4 is 23.6 Å². The van der Waals surface area contributed by atoms with Crippen LogP contribution < -0.4 is 14.8 Å². The topological polar surface area (TPSA) is 71.1 Å². The van der Waals surface area contributed by atoms with Gasteiger partial charge in [0, 0.05) is 44.4 Å². The fourth-order valence-electron chi connectivity index (χ4n) is 3.96. The molecular formula is C26H31N3O4. The Bertz CT molecular complexity index is 1040. The van der Waals surface area contributed by atoms with Crippen molar-refractivity contribution in [3.05, 3.63) is 59.2 Å². The molecule has 7 nitrogen and oxygen atoms in total. The summed E-state index contributed by atoms with van der Waals surface area (Å²) in [7, 11) is 0. The van der Waals surface area contributed by atoms with Gasteiger partial charge in [0.15, 0.2) is 11.5 Å². The number of rotatable bonds is 5. The Kier molecular flexibility index (Phi) is 7.29. The molecule has 0 radical (unpaired) electrons. The fourth-order valence-corrected chi connectivity index (χ4v) is 3.96. The first-order chi connectivity index (χ1) is 16.0. The second kappa shape index (κ2) is 10.5. The Morgan fingerprint density at radius 3 is 2.55 bits per heavy atom. The van der Waals surface area contributed by atoms with Crippen molar-refractivity contribution in [2.75, 3.05) is 51.3 Å². The van der Waals surface area contributed by atoms with E-state index in [0.717, 1.165) is 40.3 Å². The Hall–Kier alpha value is -3.32. The number of carbonyl (C=O) groups is 2. The minimum absolute atomic E-state index is 0.0263. The highest BCUT2D eigenvalue weighted by molar-refractivity contribution is 5.93. The molecule has 33 heavy (non-hydrogen) atoms. The zero-order valence-electron chi connectivity index (χ0n) is 19.3. The molecule has 0 unspecified atom stereocenters. The third kappa shape index (κ3) is 5.93. The first-order valence-corrected chi connectivity index (χ1v) is 11.4. The Morgan fingerprint density at radius 2 is 1.76 bits per heavy atom. The van der Waals surface area contributed by atoms with Gasteiger partial charge in [-0.05, 0) is 54.8 Å². The summed E-state index contributed by atoms with van der Waals surface area (Å²) >= 11 is 0. The van der Waals surface area contributed by atoms with E-state index in [1.54, 1.807) is 12.2 Å². The van der Waals surface area contributed by atoms with Crippen LogP contribution in [0.1, 0.15) is 23.1 Å². The molecule has 2 aromatic rings. The van der Waals surface area contributed by atoms with Gasteiger partial charge in [-0.1, -0.05) is 18.2 Å². The minimum Gasteiger partial charge on any atom is -0.490 e. The van der Waals surface area contributed by atoms with Crippen LogP contribution in [0, 0.1) is 13.8 Å². The third-order valence-electron chi connectivity index (χ3n) is 6.12. The molecular weight excluding hydrogens is 418 g/mol. The van der Waals surface area contributed by atoms with Crippen molar-refractivity contribution in [2.24, 2.45) is 0 Å². The monoisotopic (exact) mass is 449 g/mol. The molecule has 0 atom stereocenters. The number of amides is 2. The van der Waals surface area contributed by atoms with Gasteiger partial charge in [-0.2, -0.15) is 0 Å². The molecule has 0 aliphatic carbocycles. The van der Waals surface area contributed by atoms with E-state index < -0.39 is 0 Å². The second-order valence-corrected chi connectivity index (χ2v) is 8.49. The van der Waals surface area contributed by atoms with E-state index in [2.05, 4.69) is 10.2 Å². The average Bonchev–Trinajstić information content (AvgIpc) is 3.06. The van der Waals surface area contributed by atoms with Crippen molar-refractivity contribution in [2.45, 2.75) is 20.3 Å². The Balaban J connectivity index is 1.25. The number of nitrogens with zero attached hydrogens (tertiary/aromatic N) is 2. The molecule has 1 saturated heterocycles. The zero-order valence-corrected chi connectivity index (χ0v) is 19.3. The predicted molar refractivity (Wildman–Crippen MR) is 129 cm³/mol. The highest BCUT2D eigenvalue weighted by Crippen LogP contribution is 2.30. The lowest BCUT2D eigenvalue weighted by Crippen LogP contribution is -2.50. The normalized spacial score (nSPS) is 16.5. The smallest absolute Gasteiger partial charge is 0.246 e. The van der Waals surface area contributed by atoms with Gasteiger partial charge in [0.05, 0.1) is 19.8 Å². The lowest BCUT2D eigenvalue weighted by Gasteiger charge is -2.33. The van der Waals surface area contributed by atoms with E-state index in [9.17, 15) is 9.59 Å². The van der Waals surface area contributed by atoms with E-state index in [0.29, 0.717) is 45.9 Å². The summed E-state index contributed by atoms with van der Waals surface area (Å²) in [4.78, 5) is 29.0. The van der Waals surface area contributed by atoms with Gasteiger partial charge in [0.25, 0.3) is 0 Å². The molecule has 1 fully saturated rings. The van der Waals surface area contributed by atoms with Crippen molar-refractivity contribution in [3.8, 4) is 11.5 Å². The summed E-state index contributed by atoms with van der Waals surface area (Å²) in [6, 6.07) is 11.6. The summed E-state index contributed by atoms with van der Waals surface area (Å²) in [6.07, 6.45) is 4.26. The fraction of sp³-hybridized carbons (Fsp3) is 0.385. The van der Waals surface area contributed by atoms with Crippen LogP contribution >= 0.6 is 0 Å². The average molecular weight is 450 g/mol. The Labute approximate surface area is 195 Å². The van der Waals surface area contributed by atoms with E-state index >= 15 is 0 Å². The molecule has 2 aliphatic rings. The highest BCUT2D eigenvalue weighted by Gasteiger charge is 2.21. The number of benzene rings is 2. The summed E-state index contributed by atoms with van der Waals surface area (Å²) < 4.78 is 11.4. The van der Waals surface area contributed by atoms with Crippen LogP contribution in [-0.2, 0) is 9.59 Å². The molecule has 0 bridgehead atoms. The van der Waals surface area contributed by atoms with Gasteiger partial charge in [-0.3, -0.25) is 14.5 Å². The quantitative estimate of drug-likeness (QED) is 0.710. The molecule has 1 N–H and O–H groups in total. The first kappa shape index (κ1) is 22.9. The van der Waals surface area contributed by atoms with Crippen molar-refractivity contribution in [1.82, 2.24) is 9.80 Å². The van der Waals surface area contributed by atoms with E-state index in [1.165, 1.54) is 0 Å². The number of ether oxygens (including phenoxy) is 2. The first-order valence-electron chi connectivity index (χ1n) is 11.4. The maximum Gasteiger partial charge on any atom is 0.246 e. The van der Waals surface area contributed by atoms with Crippen LogP contribution in [0.4, 0.5) is 5.69 Å². The number of nitrogens with one attached hydrogen (secondary N) is 1. The molecule has 0 aromatic heterocycles. The molecule has 7 heteroatoms. The molecule has 2 amide bonds. The van der Waals surface area contributed by atoms with Crippen molar-refractivity contribution < 1.29 is 19.1 Å². The van der Waals surface area contributed by atoms with Crippen molar-refractivity contribution in [1.29, 1.82) is 0 Å². The van der Waals surface area contributed by atoms with Gasteiger partial charge < -0.3 is 19.7 Å². The Morgan fingerprint density at radius 1 is 1.00 bits per heavy atom. The zero-order chi connectivity index (χ0) is 23.2. The maximum absolute atomic E-state index is 12.6. The van der Waals surface area contributed by atoms with Crippen LogP contribution in [0.3, 0.4) is 0 Å². The van der Waals surface area contributed by atoms with Gasteiger partial charge in [-0.25, -0.2) is 0 Å². The van der Waals surface area contributed by atoms with Crippen LogP contribution in [0.25, 0.3) is 6.08 Å². The van der Waals surface area contributed by atoms with Crippen LogP contribution in [0.15, 0.2) is 42.5 Å². The van der Waals surface area contributed by atoms with Gasteiger partial charge >= 0.3 is 0 Å². The minimum atomic E-state index is -0.0298. The standard InChI is InChI=1S/C26H31N3O4/c1-19-5-3-6-22(20(19)2)27-25(30)18-28-11-13-29(14-12-28)26(31)10-8-21-7-9-23-24(17-21)33-16-4-15-32-23/h3,5-10,17H,4,11-16,18H2,1-2H3,(H,27,30). The van der Waals surface area contributed by atoms with E-state index in [4.69, 9.17) is 9.47 Å². The summed E-state index contributed by atoms with van der Waals surface area (Å²) in [6.45, 7) is 8.18. The second-order valence-electron chi connectivity index (χ2n) is 8.49. The van der Waals surface area contributed by atoms with E-state index in [-0.39, 0.29) is 11.8 Å². The lowest BCUT2D eigenvalue weighted by atomic mass is 10.1. The number of aryl methyl sites for hydroxylation is 1. The lowest BCUT2D eigenvalue weighted by molar-refractivity contribution is -0.127. The molecule has 0 spiro atoms. The maximum atomic E-state index is 12.6. The highest BCUT2D eigenvalue weighted by atomic mass is 16.5. The van der Waals surface area contributed by atoms with Gasteiger partial charge in [-0.15, -0.1) is 0 Å². The van der Waals surface area contributed by atoms with Crippen LogP contribution in [0.5, 0.6) is 11.5 Å². The summed E-state index contributed by atoms with van der Waals surface area (Å²) in [5.41, 5.74) is 3.99. The van der Waals surface area contributed by atoms with E-state index in [1.807, 2.05) is 55.1 Å². The summed E-state index contributed by atoms with van der Waals surface area (Å²) in [5.74, 6) is 1.41. The molecule has 2 heterocycles. The molecule has 2 aliphatic heterocycles.